The molecule has 0 spiro atoms. The smallest absolute Gasteiger partial charge is 0.0239 e. The van der Waals surface area contributed by atoms with Crippen molar-refractivity contribution in [1.82, 2.24) is 10.2 Å². The lowest BCUT2D eigenvalue weighted by atomic mass is 9.96. The van der Waals surface area contributed by atoms with Gasteiger partial charge >= 0.3 is 0 Å². The largest absolute Gasteiger partial charge is 0.317 e. The number of piperidine rings is 1. The summed E-state index contributed by atoms with van der Waals surface area (Å²) in [6.45, 7) is 4.81. The van der Waals surface area contributed by atoms with E-state index in [0.29, 0.717) is 0 Å². The Bertz CT molecular complexity index is 361. The summed E-state index contributed by atoms with van der Waals surface area (Å²) in [6.07, 6.45) is 3.88. The molecule has 2 heterocycles. The second-order valence-electron chi connectivity index (χ2n) is 4.97. The third kappa shape index (κ3) is 2.82. The molecule has 1 fully saturated rings. The van der Waals surface area contributed by atoms with Crippen molar-refractivity contribution in [3.63, 3.8) is 0 Å². The summed E-state index contributed by atoms with van der Waals surface area (Å²) in [5.74, 6) is 0. The van der Waals surface area contributed by atoms with Gasteiger partial charge < -0.3 is 5.32 Å². The third-order valence-electron chi connectivity index (χ3n) is 3.99. The fourth-order valence-electron chi connectivity index (χ4n) is 3.00. The van der Waals surface area contributed by atoms with E-state index in [9.17, 15) is 0 Å². The zero-order chi connectivity index (χ0) is 10.8. The van der Waals surface area contributed by atoms with Gasteiger partial charge in [0.1, 0.15) is 0 Å². The predicted molar refractivity (Wildman–Crippen MR) is 73.7 cm³/mol. The lowest BCUT2D eigenvalue weighted by molar-refractivity contribution is 0.147. The Hall–Kier alpha value is -0.570. The van der Waals surface area contributed by atoms with Crippen molar-refractivity contribution in [2.45, 2.75) is 31.8 Å². The van der Waals surface area contributed by atoms with Gasteiger partial charge in [-0.3, -0.25) is 4.90 Å². The molecule has 0 bridgehead atoms. The Kier molecular flexibility index (Phi) is 4.43. The maximum atomic E-state index is 3.45. The van der Waals surface area contributed by atoms with Crippen LogP contribution in [0.2, 0.25) is 0 Å². The zero-order valence-corrected chi connectivity index (χ0v) is 11.0. The standard InChI is InChI=1S/C14H20N2.ClH/c1-2-4-13-11-16(10-7-12(13)3-1)14-5-8-15-9-6-14;/h1-4,14-15H,5-11H2;1H. The van der Waals surface area contributed by atoms with E-state index < -0.39 is 0 Å². The molecule has 2 aliphatic rings. The lowest BCUT2D eigenvalue weighted by Crippen LogP contribution is -2.45. The van der Waals surface area contributed by atoms with E-state index in [1.165, 1.54) is 45.4 Å². The third-order valence-corrected chi connectivity index (χ3v) is 3.99. The molecule has 1 saturated heterocycles. The molecular formula is C14H21ClN2. The highest BCUT2D eigenvalue weighted by Crippen LogP contribution is 2.23. The number of rotatable bonds is 1. The molecule has 0 amide bonds. The summed E-state index contributed by atoms with van der Waals surface area (Å²) in [5.41, 5.74) is 3.11. The van der Waals surface area contributed by atoms with Gasteiger partial charge in [-0.05, 0) is 43.5 Å². The van der Waals surface area contributed by atoms with Gasteiger partial charge in [-0.2, -0.15) is 0 Å². The molecular weight excluding hydrogens is 232 g/mol. The molecule has 2 nitrogen and oxygen atoms in total. The van der Waals surface area contributed by atoms with Crippen molar-refractivity contribution >= 4 is 12.4 Å². The normalized spacial score (nSPS) is 21.6. The molecule has 3 heteroatoms. The van der Waals surface area contributed by atoms with Crippen LogP contribution in [0.15, 0.2) is 24.3 Å². The molecule has 0 unspecified atom stereocenters. The van der Waals surface area contributed by atoms with E-state index in [4.69, 9.17) is 0 Å². The van der Waals surface area contributed by atoms with Crippen molar-refractivity contribution in [3.8, 4) is 0 Å². The molecule has 1 aromatic rings. The van der Waals surface area contributed by atoms with Gasteiger partial charge in [0.05, 0.1) is 0 Å². The fourth-order valence-corrected chi connectivity index (χ4v) is 3.00. The van der Waals surface area contributed by atoms with E-state index in [1.54, 1.807) is 11.1 Å². The van der Waals surface area contributed by atoms with Crippen LogP contribution in [0.25, 0.3) is 0 Å². The molecule has 0 saturated carbocycles. The minimum absolute atomic E-state index is 0. The molecule has 1 N–H and O–H groups in total. The molecule has 3 rings (SSSR count). The highest BCUT2D eigenvalue weighted by molar-refractivity contribution is 5.85. The van der Waals surface area contributed by atoms with Gasteiger partial charge in [-0.1, -0.05) is 24.3 Å². The number of hydrogen-bond acceptors (Lipinski definition) is 2. The second kappa shape index (κ2) is 5.85. The van der Waals surface area contributed by atoms with Gasteiger partial charge in [0, 0.05) is 19.1 Å². The zero-order valence-electron chi connectivity index (χ0n) is 10.2. The predicted octanol–water partition coefficient (Wildman–Crippen LogP) is 2.22. The fraction of sp³-hybridized carbons (Fsp3) is 0.571. The van der Waals surface area contributed by atoms with Gasteiger partial charge in [-0.15, -0.1) is 12.4 Å². The van der Waals surface area contributed by atoms with Crippen LogP contribution in [0.1, 0.15) is 24.0 Å². The SMILES string of the molecule is Cl.c1ccc2c(c1)CCN(C1CCNCC1)C2. The first kappa shape index (κ1) is 12.9. The molecule has 0 atom stereocenters. The summed E-state index contributed by atoms with van der Waals surface area (Å²) < 4.78 is 0. The monoisotopic (exact) mass is 252 g/mol. The Morgan fingerprint density at radius 3 is 2.53 bits per heavy atom. The number of fused-ring (bicyclic) bond motifs is 1. The van der Waals surface area contributed by atoms with E-state index in [0.717, 1.165) is 6.04 Å². The molecule has 17 heavy (non-hydrogen) atoms. The van der Waals surface area contributed by atoms with Crippen molar-refractivity contribution in [1.29, 1.82) is 0 Å². The highest BCUT2D eigenvalue weighted by Gasteiger charge is 2.24. The Labute approximate surface area is 110 Å². The van der Waals surface area contributed by atoms with E-state index in [1.807, 2.05) is 0 Å². The number of benzene rings is 1. The Morgan fingerprint density at radius 2 is 1.76 bits per heavy atom. The number of halogens is 1. The average molecular weight is 253 g/mol. The van der Waals surface area contributed by atoms with Crippen molar-refractivity contribution in [3.05, 3.63) is 35.4 Å². The molecule has 94 valence electrons. The van der Waals surface area contributed by atoms with Crippen molar-refractivity contribution in [2.24, 2.45) is 0 Å². The topological polar surface area (TPSA) is 15.3 Å². The molecule has 2 aliphatic heterocycles. The van der Waals surface area contributed by atoms with Crippen LogP contribution < -0.4 is 5.32 Å². The summed E-state index contributed by atoms with van der Waals surface area (Å²) in [5, 5.41) is 3.45. The highest BCUT2D eigenvalue weighted by atomic mass is 35.5. The van der Waals surface area contributed by atoms with Crippen LogP contribution >= 0.6 is 12.4 Å². The molecule has 1 aromatic carbocycles. The van der Waals surface area contributed by atoms with Crippen LogP contribution in [0.3, 0.4) is 0 Å². The lowest BCUT2D eigenvalue weighted by Gasteiger charge is -2.37. The average Bonchev–Trinajstić information content (AvgIpc) is 2.39. The summed E-state index contributed by atoms with van der Waals surface area (Å²) in [4.78, 5) is 2.68. The van der Waals surface area contributed by atoms with Crippen LogP contribution in [-0.2, 0) is 13.0 Å². The van der Waals surface area contributed by atoms with Crippen molar-refractivity contribution < 1.29 is 0 Å². The number of hydrogen-bond donors (Lipinski definition) is 1. The minimum atomic E-state index is 0. The van der Waals surface area contributed by atoms with E-state index >= 15 is 0 Å². The van der Waals surface area contributed by atoms with Crippen molar-refractivity contribution in [2.75, 3.05) is 19.6 Å². The van der Waals surface area contributed by atoms with Crippen LogP contribution in [-0.4, -0.2) is 30.6 Å². The van der Waals surface area contributed by atoms with E-state index in [-0.39, 0.29) is 12.4 Å². The summed E-state index contributed by atoms with van der Waals surface area (Å²) in [6, 6.07) is 9.73. The van der Waals surface area contributed by atoms with E-state index in [2.05, 4.69) is 34.5 Å². The van der Waals surface area contributed by atoms with Gasteiger partial charge in [0.25, 0.3) is 0 Å². The summed E-state index contributed by atoms with van der Waals surface area (Å²) >= 11 is 0. The van der Waals surface area contributed by atoms with Gasteiger partial charge in [0.2, 0.25) is 0 Å². The van der Waals surface area contributed by atoms with Gasteiger partial charge in [-0.25, -0.2) is 0 Å². The molecule has 0 radical (unpaired) electrons. The Balaban J connectivity index is 0.00000108. The molecule has 0 aliphatic carbocycles. The first-order valence-corrected chi connectivity index (χ1v) is 6.45. The molecule has 0 aromatic heterocycles. The summed E-state index contributed by atoms with van der Waals surface area (Å²) in [7, 11) is 0. The van der Waals surface area contributed by atoms with Crippen LogP contribution in [0, 0.1) is 0 Å². The van der Waals surface area contributed by atoms with Gasteiger partial charge in [0.15, 0.2) is 0 Å². The van der Waals surface area contributed by atoms with Crippen LogP contribution in [0.5, 0.6) is 0 Å². The number of nitrogens with zero attached hydrogens (tertiary/aromatic N) is 1. The van der Waals surface area contributed by atoms with Crippen LogP contribution in [0.4, 0.5) is 0 Å². The number of nitrogens with one attached hydrogen (secondary N) is 1. The first-order valence-electron chi connectivity index (χ1n) is 6.45. The maximum Gasteiger partial charge on any atom is 0.0239 e. The maximum absolute atomic E-state index is 3.45. The quantitative estimate of drug-likeness (QED) is 0.825. The first-order chi connectivity index (χ1) is 7.93. The Morgan fingerprint density at radius 1 is 1.06 bits per heavy atom. The minimum Gasteiger partial charge on any atom is -0.317 e. The second-order valence-corrected chi connectivity index (χ2v) is 4.97.